The maximum absolute atomic E-state index is 9.17. The summed E-state index contributed by atoms with van der Waals surface area (Å²) < 4.78 is 5.07. The normalized spacial score (nSPS) is 12.3. The first-order chi connectivity index (χ1) is 8.20. The number of aromatic nitrogens is 2. The first-order valence-corrected chi connectivity index (χ1v) is 5.20. The zero-order chi connectivity index (χ0) is 12.3. The van der Waals surface area contributed by atoms with Gasteiger partial charge in [0.25, 0.3) is 0 Å². The Labute approximate surface area is 98.6 Å². The first kappa shape index (κ1) is 11.3. The molecule has 0 saturated carbocycles. The van der Waals surface area contributed by atoms with Crippen LogP contribution < -0.4 is 5.73 Å². The van der Waals surface area contributed by atoms with E-state index in [4.69, 9.17) is 10.3 Å². The predicted octanol–water partition coefficient (Wildman–Crippen LogP) is 2.02. The van der Waals surface area contributed by atoms with Crippen molar-refractivity contribution in [2.45, 2.75) is 12.5 Å². The van der Waals surface area contributed by atoms with Crippen LogP contribution in [-0.4, -0.2) is 15.2 Å². The molecule has 3 N–H and O–H groups in total. The fraction of sp³-hybridized carbons (Fsp3) is 0.167. The Hall–Kier alpha value is -2.14. The highest BCUT2D eigenvalue weighted by Gasteiger charge is 2.14. The Kier molecular flexibility index (Phi) is 3.20. The largest absolute Gasteiger partial charge is 0.508 e. The summed E-state index contributed by atoms with van der Waals surface area (Å²) in [4.78, 5) is 4.20. The number of nitrogens with zero attached hydrogens (tertiary/aromatic N) is 2. The van der Waals surface area contributed by atoms with Gasteiger partial charge in [-0.1, -0.05) is 11.2 Å². The molecule has 88 valence electrons. The summed E-state index contributed by atoms with van der Waals surface area (Å²) >= 11 is 0. The van der Waals surface area contributed by atoms with E-state index in [9.17, 15) is 5.11 Å². The van der Waals surface area contributed by atoms with E-state index in [1.54, 1.807) is 30.3 Å². The van der Waals surface area contributed by atoms with Crippen molar-refractivity contribution in [3.8, 4) is 17.1 Å². The monoisotopic (exact) mass is 231 g/mol. The van der Waals surface area contributed by atoms with Crippen molar-refractivity contribution in [1.29, 1.82) is 0 Å². The van der Waals surface area contributed by atoms with Crippen molar-refractivity contribution in [3.05, 3.63) is 42.8 Å². The number of benzene rings is 1. The molecule has 1 atom stereocenters. The highest BCUT2D eigenvalue weighted by atomic mass is 16.5. The van der Waals surface area contributed by atoms with Crippen LogP contribution in [0.25, 0.3) is 11.4 Å². The van der Waals surface area contributed by atoms with Gasteiger partial charge < -0.3 is 15.4 Å². The highest BCUT2D eigenvalue weighted by Crippen LogP contribution is 2.21. The number of phenols is 1. The van der Waals surface area contributed by atoms with Gasteiger partial charge in [0.05, 0.1) is 6.04 Å². The zero-order valence-corrected chi connectivity index (χ0v) is 9.21. The number of hydrogen-bond acceptors (Lipinski definition) is 5. The summed E-state index contributed by atoms with van der Waals surface area (Å²) in [7, 11) is 0. The van der Waals surface area contributed by atoms with Gasteiger partial charge in [0, 0.05) is 5.56 Å². The summed E-state index contributed by atoms with van der Waals surface area (Å²) in [6, 6.07) is 6.22. The van der Waals surface area contributed by atoms with Crippen molar-refractivity contribution in [1.82, 2.24) is 10.1 Å². The van der Waals surface area contributed by atoms with Gasteiger partial charge in [-0.15, -0.1) is 6.58 Å². The second-order valence-electron chi connectivity index (χ2n) is 3.63. The minimum Gasteiger partial charge on any atom is -0.508 e. The number of rotatable bonds is 4. The van der Waals surface area contributed by atoms with Gasteiger partial charge in [-0.05, 0) is 30.7 Å². The lowest BCUT2D eigenvalue weighted by atomic mass is 10.2. The van der Waals surface area contributed by atoms with Gasteiger partial charge in [0.2, 0.25) is 11.7 Å². The van der Waals surface area contributed by atoms with E-state index >= 15 is 0 Å². The third-order valence-electron chi connectivity index (χ3n) is 2.31. The van der Waals surface area contributed by atoms with Gasteiger partial charge >= 0.3 is 0 Å². The van der Waals surface area contributed by atoms with Gasteiger partial charge in [-0.3, -0.25) is 0 Å². The van der Waals surface area contributed by atoms with Crippen molar-refractivity contribution in [2.24, 2.45) is 5.73 Å². The summed E-state index contributed by atoms with van der Waals surface area (Å²) in [5.41, 5.74) is 6.58. The van der Waals surface area contributed by atoms with E-state index in [1.807, 2.05) is 0 Å². The lowest BCUT2D eigenvalue weighted by molar-refractivity contribution is 0.356. The van der Waals surface area contributed by atoms with E-state index < -0.39 is 0 Å². The molecule has 2 aromatic rings. The molecule has 0 saturated heterocycles. The summed E-state index contributed by atoms with van der Waals surface area (Å²) in [6.07, 6.45) is 2.28. The maximum Gasteiger partial charge on any atom is 0.244 e. The number of phenolic OH excluding ortho intramolecular Hbond substituents is 1. The van der Waals surface area contributed by atoms with E-state index in [2.05, 4.69) is 16.7 Å². The molecule has 1 aromatic heterocycles. The topological polar surface area (TPSA) is 85.2 Å². The Morgan fingerprint density at radius 2 is 2.12 bits per heavy atom. The minimum absolute atomic E-state index is 0.195. The Bertz CT molecular complexity index is 505. The van der Waals surface area contributed by atoms with Crippen LogP contribution in [0.15, 0.2) is 41.4 Å². The van der Waals surface area contributed by atoms with Crippen LogP contribution in [0, 0.1) is 0 Å². The molecule has 0 amide bonds. The number of hydrogen-bond donors (Lipinski definition) is 2. The first-order valence-electron chi connectivity index (χ1n) is 5.20. The Morgan fingerprint density at radius 3 is 2.76 bits per heavy atom. The van der Waals surface area contributed by atoms with Gasteiger partial charge in [0.15, 0.2) is 0 Å². The van der Waals surface area contributed by atoms with Crippen molar-refractivity contribution in [2.75, 3.05) is 0 Å². The number of nitrogens with two attached hydrogens (primary N) is 1. The van der Waals surface area contributed by atoms with E-state index in [0.29, 0.717) is 18.1 Å². The molecule has 0 aliphatic heterocycles. The molecule has 0 bridgehead atoms. The highest BCUT2D eigenvalue weighted by molar-refractivity contribution is 5.55. The molecule has 2 rings (SSSR count). The fourth-order valence-corrected chi connectivity index (χ4v) is 1.39. The molecule has 0 aliphatic rings. The molecule has 1 aromatic carbocycles. The fourth-order valence-electron chi connectivity index (χ4n) is 1.39. The molecule has 17 heavy (non-hydrogen) atoms. The average molecular weight is 231 g/mol. The van der Waals surface area contributed by atoms with Crippen LogP contribution in [0.1, 0.15) is 18.4 Å². The van der Waals surface area contributed by atoms with Crippen LogP contribution in [0.3, 0.4) is 0 Å². The van der Waals surface area contributed by atoms with Gasteiger partial charge in [-0.25, -0.2) is 0 Å². The maximum atomic E-state index is 9.17. The standard InChI is InChI=1S/C12H13N3O2/c1-2-3-10(13)12-14-11(15-17-12)8-4-6-9(16)7-5-8/h2,4-7,10,16H,1,3,13H2. The molecule has 0 fully saturated rings. The van der Waals surface area contributed by atoms with E-state index in [1.165, 1.54) is 0 Å². The molecule has 0 radical (unpaired) electrons. The van der Waals surface area contributed by atoms with E-state index in [0.717, 1.165) is 5.56 Å². The second kappa shape index (κ2) is 4.80. The molecule has 5 nitrogen and oxygen atoms in total. The predicted molar refractivity (Wildman–Crippen MR) is 63.1 cm³/mol. The van der Waals surface area contributed by atoms with Gasteiger partial charge in [-0.2, -0.15) is 4.98 Å². The zero-order valence-electron chi connectivity index (χ0n) is 9.21. The van der Waals surface area contributed by atoms with Crippen molar-refractivity contribution < 1.29 is 9.63 Å². The smallest absolute Gasteiger partial charge is 0.244 e. The quantitative estimate of drug-likeness (QED) is 0.786. The third kappa shape index (κ3) is 2.51. The van der Waals surface area contributed by atoms with Crippen LogP contribution in [0.2, 0.25) is 0 Å². The summed E-state index contributed by atoms with van der Waals surface area (Å²) in [5, 5.41) is 13.0. The van der Waals surface area contributed by atoms with Crippen LogP contribution in [0.5, 0.6) is 5.75 Å². The molecule has 1 heterocycles. The summed E-state index contributed by atoms with van der Waals surface area (Å²) in [6.45, 7) is 3.60. The summed E-state index contributed by atoms with van der Waals surface area (Å²) in [5.74, 6) is 1.04. The molecular weight excluding hydrogens is 218 g/mol. The van der Waals surface area contributed by atoms with Crippen molar-refractivity contribution in [3.63, 3.8) is 0 Å². The van der Waals surface area contributed by atoms with Crippen LogP contribution in [0.4, 0.5) is 0 Å². The molecular formula is C12H13N3O2. The molecule has 5 heteroatoms. The van der Waals surface area contributed by atoms with Gasteiger partial charge in [0.1, 0.15) is 5.75 Å². The number of aromatic hydroxyl groups is 1. The minimum atomic E-state index is -0.328. The van der Waals surface area contributed by atoms with Crippen LogP contribution in [-0.2, 0) is 0 Å². The lowest BCUT2D eigenvalue weighted by Crippen LogP contribution is -2.09. The molecule has 0 aliphatic carbocycles. The second-order valence-corrected chi connectivity index (χ2v) is 3.63. The Balaban J connectivity index is 2.23. The lowest BCUT2D eigenvalue weighted by Gasteiger charge is -2.00. The SMILES string of the molecule is C=CCC(N)c1nc(-c2ccc(O)cc2)no1. The third-order valence-corrected chi connectivity index (χ3v) is 2.31. The molecule has 0 spiro atoms. The van der Waals surface area contributed by atoms with Crippen LogP contribution >= 0.6 is 0 Å². The van der Waals surface area contributed by atoms with Crippen molar-refractivity contribution >= 4 is 0 Å². The average Bonchev–Trinajstić information content (AvgIpc) is 2.80. The Morgan fingerprint density at radius 1 is 1.41 bits per heavy atom. The molecule has 1 unspecified atom stereocenters. The van der Waals surface area contributed by atoms with E-state index in [-0.39, 0.29) is 11.8 Å².